The number of rotatable bonds is 6. The van der Waals surface area contributed by atoms with E-state index in [1.54, 1.807) is 36.4 Å². The molecule has 0 spiro atoms. The summed E-state index contributed by atoms with van der Waals surface area (Å²) in [6, 6.07) is 11.8. The molecule has 0 saturated carbocycles. The molecule has 0 aliphatic carbocycles. The van der Waals surface area contributed by atoms with E-state index in [4.69, 9.17) is 9.47 Å². The van der Waals surface area contributed by atoms with Crippen molar-refractivity contribution in [2.45, 2.75) is 24.3 Å². The van der Waals surface area contributed by atoms with E-state index in [0.717, 1.165) is 11.1 Å². The van der Waals surface area contributed by atoms with Gasteiger partial charge in [0.25, 0.3) is 0 Å². The Morgan fingerprint density at radius 3 is 2.52 bits per heavy atom. The Hall–Kier alpha value is -2.80. The molecule has 0 aromatic heterocycles. The minimum absolute atomic E-state index is 0.201. The van der Waals surface area contributed by atoms with Gasteiger partial charge < -0.3 is 14.8 Å². The van der Waals surface area contributed by atoms with Crippen molar-refractivity contribution < 1.29 is 22.7 Å². The topological polar surface area (TPSA) is 81.7 Å². The van der Waals surface area contributed by atoms with Crippen LogP contribution in [0.5, 0.6) is 11.5 Å². The molecule has 6 nitrogen and oxygen atoms in total. The van der Waals surface area contributed by atoms with Crippen LogP contribution in [0.4, 0.5) is 0 Å². The summed E-state index contributed by atoms with van der Waals surface area (Å²) in [5.41, 5.74) is 1.69. The van der Waals surface area contributed by atoms with Gasteiger partial charge in [-0.3, -0.25) is 4.79 Å². The number of hydrogen-bond acceptors (Lipinski definition) is 5. The molecule has 1 aliphatic heterocycles. The van der Waals surface area contributed by atoms with Crippen LogP contribution in [0.2, 0.25) is 0 Å². The van der Waals surface area contributed by atoms with Crippen molar-refractivity contribution in [2.75, 3.05) is 13.0 Å². The van der Waals surface area contributed by atoms with Crippen molar-refractivity contribution in [1.82, 2.24) is 5.32 Å². The molecule has 27 heavy (non-hydrogen) atoms. The summed E-state index contributed by atoms with van der Waals surface area (Å²) in [5, 5.41) is 2.93. The third-order valence-corrected chi connectivity index (χ3v) is 5.39. The van der Waals surface area contributed by atoms with Crippen LogP contribution in [0.1, 0.15) is 30.5 Å². The maximum atomic E-state index is 12.3. The van der Waals surface area contributed by atoms with Crippen molar-refractivity contribution >= 4 is 21.8 Å². The molecule has 2 aromatic rings. The number of hydrogen-bond donors (Lipinski definition) is 1. The Kier molecular flexibility index (Phi) is 5.51. The smallest absolute Gasteiger partial charge is 0.244 e. The zero-order chi connectivity index (χ0) is 19.4. The minimum atomic E-state index is -3.24. The van der Waals surface area contributed by atoms with Crippen molar-refractivity contribution in [3.63, 3.8) is 0 Å². The lowest BCUT2D eigenvalue weighted by Gasteiger charge is -2.16. The summed E-state index contributed by atoms with van der Waals surface area (Å²) in [6.07, 6.45) is 5.02. The second-order valence-corrected chi connectivity index (χ2v) is 8.27. The fraction of sp³-hybridized carbons (Fsp3) is 0.250. The van der Waals surface area contributed by atoms with Crippen LogP contribution in [-0.4, -0.2) is 27.4 Å². The predicted molar refractivity (Wildman–Crippen MR) is 102 cm³/mol. The largest absolute Gasteiger partial charge is 0.454 e. The Morgan fingerprint density at radius 1 is 1.15 bits per heavy atom. The first kappa shape index (κ1) is 19.0. The van der Waals surface area contributed by atoms with E-state index in [2.05, 4.69) is 5.32 Å². The second-order valence-electron chi connectivity index (χ2n) is 6.26. The summed E-state index contributed by atoms with van der Waals surface area (Å²) < 4.78 is 33.7. The standard InChI is InChI=1S/C20H21NO5S/c1-3-17(15-6-8-16(9-7-15)27(2,23)24)21-20(22)11-5-14-4-10-18-19(12-14)26-13-25-18/h4-12,17H,3,13H2,1-2H3,(H,21,22)/b11-5+/t17-/m0/s1. The van der Waals surface area contributed by atoms with Gasteiger partial charge in [-0.15, -0.1) is 0 Å². The monoisotopic (exact) mass is 387 g/mol. The van der Waals surface area contributed by atoms with Crippen molar-refractivity contribution in [3.05, 3.63) is 59.7 Å². The number of sulfone groups is 1. The van der Waals surface area contributed by atoms with E-state index < -0.39 is 9.84 Å². The third-order valence-electron chi connectivity index (χ3n) is 4.26. The van der Waals surface area contributed by atoms with Crippen LogP contribution < -0.4 is 14.8 Å². The highest BCUT2D eigenvalue weighted by Crippen LogP contribution is 2.32. The third kappa shape index (κ3) is 4.68. The highest BCUT2D eigenvalue weighted by Gasteiger charge is 2.14. The lowest BCUT2D eigenvalue weighted by molar-refractivity contribution is -0.117. The van der Waals surface area contributed by atoms with E-state index in [1.807, 2.05) is 19.1 Å². The number of carbonyl (C=O) groups excluding carboxylic acids is 1. The van der Waals surface area contributed by atoms with E-state index in [9.17, 15) is 13.2 Å². The average Bonchev–Trinajstić information content (AvgIpc) is 3.11. The molecule has 0 radical (unpaired) electrons. The Balaban J connectivity index is 1.66. The zero-order valence-electron chi connectivity index (χ0n) is 15.1. The van der Waals surface area contributed by atoms with E-state index in [0.29, 0.717) is 17.9 Å². The first-order valence-corrected chi connectivity index (χ1v) is 10.4. The fourth-order valence-electron chi connectivity index (χ4n) is 2.78. The van der Waals surface area contributed by atoms with Gasteiger partial charge in [0.2, 0.25) is 12.7 Å². The average molecular weight is 387 g/mol. The summed E-state index contributed by atoms with van der Waals surface area (Å²) in [7, 11) is -3.24. The molecule has 0 fully saturated rings. The van der Waals surface area contributed by atoms with Gasteiger partial charge >= 0.3 is 0 Å². The highest BCUT2D eigenvalue weighted by molar-refractivity contribution is 7.90. The predicted octanol–water partition coefficient (Wildman–Crippen LogP) is 3.10. The van der Waals surface area contributed by atoms with Crippen LogP contribution in [0.3, 0.4) is 0 Å². The van der Waals surface area contributed by atoms with Crippen LogP contribution in [0.25, 0.3) is 6.08 Å². The first-order valence-electron chi connectivity index (χ1n) is 8.55. The maximum absolute atomic E-state index is 12.3. The van der Waals surface area contributed by atoms with E-state index in [1.165, 1.54) is 12.3 Å². The van der Waals surface area contributed by atoms with Gasteiger partial charge in [-0.1, -0.05) is 25.1 Å². The van der Waals surface area contributed by atoms with Crippen LogP contribution in [0, 0.1) is 0 Å². The normalized spacial score (nSPS) is 14.3. The minimum Gasteiger partial charge on any atom is -0.454 e. The molecule has 1 heterocycles. The first-order chi connectivity index (χ1) is 12.9. The fourth-order valence-corrected chi connectivity index (χ4v) is 3.41. The number of fused-ring (bicyclic) bond motifs is 1. The Morgan fingerprint density at radius 2 is 1.85 bits per heavy atom. The molecule has 142 valence electrons. The van der Waals surface area contributed by atoms with Gasteiger partial charge in [0, 0.05) is 12.3 Å². The summed E-state index contributed by atoms with van der Waals surface area (Å²) in [6.45, 7) is 2.16. The number of ether oxygens (including phenoxy) is 2. The molecule has 2 aromatic carbocycles. The quantitative estimate of drug-likeness (QED) is 0.771. The molecule has 0 bridgehead atoms. The summed E-state index contributed by atoms with van der Waals surface area (Å²) in [4.78, 5) is 12.5. The van der Waals surface area contributed by atoms with E-state index in [-0.39, 0.29) is 23.6 Å². The molecule has 1 amide bonds. The second kappa shape index (κ2) is 7.84. The van der Waals surface area contributed by atoms with Gasteiger partial charge in [0.05, 0.1) is 10.9 Å². The number of carbonyl (C=O) groups is 1. The summed E-state index contributed by atoms with van der Waals surface area (Å²) >= 11 is 0. The van der Waals surface area contributed by atoms with Crippen molar-refractivity contribution in [3.8, 4) is 11.5 Å². The molecule has 0 unspecified atom stereocenters. The van der Waals surface area contributed by atoms with Gasteiger partial charge in [-0.05, 0) is 47.9 Å². The lowest BCUT2D eigenvalue weighted by atomic mass is 10.0. The Labute approximate surface area is 158 Å². The zero-order valence-corrected chi connectivity index (χ0v) is 16.0. The molecule has 1 N–H and O–H groups in total. The summed E-state index contributed by atoms with van der Waals surface area (Å²) in [5.74, 6) is 1.13. The molecule has 1 atom stereocenters. The van der Waals surface area contributed by atoms with Crippen molar-refractivity contribution in [1.29, 1.82) is 0 Å². The van der Waals surface area contributed by atoms with Gasteiger partial charge in [-0.2, -0.15) is 0 Å². The molecular formula is C20H21NO5S. The number of amides is 1. The number of nitrogens with one attached hydrogen (secondary N) is 1. The molecule has 0 saturated heterocycles. The highest BCUT2D eigenvalue weighted by atomic mass is 32.2. The lowest BCUT2D eigenvalue weighted by Crippen LogP contribution is -2.26. The molecule has 1 aliphatic rings. The Bertz CT molecular complexity index is 964. The van der Waals surface area contributed by atoms with E-state index >= 15 is 0 Å². The SMILES string of the molecule is CC[C@H](NC(=O)/C=C/c1ccc2c(c1)OCO2)c1ccc(S(C)(=O)=O)cc1. The molecule has 3 rings (SSSR count). The maximum Gasteiger partial charge on any atom is 0.244 e. The van der Waals surface area contributed by atoms with Gasteiger partial charge in [0.15, 0.2) is 21.3 Å². The van der Waals surface area contributed by atoms with Crippen LogP contribution in [0.15, 0.2) is 53.4 Å². The van der Waals surface area contributed by atoms with Crippen LogP contribution >= 0.6 is 0 Å². The number of benzene rings is 2. The van der Waals surface area contributed by atoms with Crippen LogP contribution in [-0.2, 0) is 14.6 Å². The van der Waals surface area contributed by atoms with Gasteiger partial charge in [0.1, 0.15) is 0 Å². The van der Waals surface area contributed by atoms with Gasteiger partial charge in [-0.25, -0.2) is 8.42 Å². The van der Waals surface area contributed by atoms with Crippen molar-refractivity contribution in [2.24, 2.45) is 0 Å². The molecule has 7 heteroatoms. The molecular weight excluding hydrogens is 366 g/mol.